The molecule has 158 valence electrons. The summed E-state index contributed by atoms with van der Waals surface area (Å²) in [5.74, 6) is 0.444. The number of thioether (sulfide) groups is 1. The summed E-state index contributed by atoms with van der Waals surface area (Å²) in [4.78, 5) is 14.7. The molecule has 1 aliphatic rings. The van der Waals surface area contributed by atoms with Crippen molar-refractivity contribution in [3.8, 4) is 11.5 Å². The second-order valence-electron chi connectivity index (χ2n) is 6.59. The topological polar surface area (TPSA) is 38.8 Å². The minimum atomic E-state index is -0.551. The molecule has 0 spiro atoms. The van der Waals surface area contributed by atoms with Crippen LogP contribution < -0.4 is 14.4 Å². The average Bonchev–Trinajstić information content (AvgIpc) is 2.99. The number of hydrogen-bond donors (Lipinski definition) is 0. The van der Waals surface area contributed by atoms with Crippen LogP contribution in [-0.2, 0) is 4.79 Å². The molecule has 1 heterocycles. The summed E-state index contributed by atoms with van der Waals surface area (Å²) in [6, 6.07) is 9.61. The Bertz CT molecular complexity index is 1010. The van der Waals surface area contributed by atoms with E-state index in [1.165, 1.54) is 34.9 Å². The van der Waals surface area contributed by atoms with Crippen molar-refractivity contribution in [2.24, 2.45) is 0 Å². The number of carbonyl (C=O) groups excluding carboxylic acids is 1. The number of carbonyl (C=O) groups is 1. The van der Waals surface area contributed by atoms with Crippen LogP contribution in [0.25, 0.3) is 6.08 Å². The van der Waals surface area contributed by atoms with Gasteiger partial charge in [-0.3, -0.25) is 9.69 Å². The van der Waals surface area contributed by atoms with E-state index in [1.54, 1.807) is 6.08 Å². The van der Waals surface area contributed by atoms with E-state index in [0.29, 0.717) is 33.0 Å². The highest BCUT2D eigenvalue weighted by Crippen LogP contribution is 2.38. The molecule has 0 aromatic heterocycles. The van der Waals surface area contributed by atoms with Gasteiger partial charge < -0.3 is 9.47 Å². The van der Waals surface area contributed by atoms with Gasteiger partial charge in [-0.2, -0.15) is 0 Å². The van der Waals surface area contributed by atoms with Crippen LogP contribution in [0.4, 0.5) is 10.1 Å². The molecule has 1 amide bonds. The summed E-state index contributed by atoms with van der Waals surface area (Å²) >= 11 is 12.4. The second-order valence-corrected chi connectivity index (χ2v) is 8.67. The van der Waals surface area contributed by atoms with Crippen LogP contribution in [0.5, 0.6) is 11.5 Å². The lowest BCUT2D eigenvalue weighted by Crippen LogP contribution is -2.27. The molecule has 1 aliphatic heterocycles. The lowest BCUT2D eigenvalue weighted by molar-refractivity contribution is -0.113. The molecule has 8 heteroatoms. The van der Waals surface area contributed by atoms with E-state index in [9.17, 15) is 9.18 Å². The van der Waals surface area contributed by atoms with Gasteiger partial charge in [-0.15, -0.1) is 0 Å². The van der Waals surface area contributed by atoms with Crippen molar-refractivity contribution in [1.82, 2.24) is 0 Å². The Morgan fingerprint density at radius 2 is 2.00 bits per heavy atom. The Balaban J connectivity index is 1.89. The van der Waals surface area contributed by atoms with Crippen LogP contribution in [0.3, 0.4) is 0 Å². The van der Waals surface area contributed by atoms with Crippen molar-refractivity contribution in [2.75, 3.05) is 11.5 Å². The van der Waals surface area contributed by atoms with Crippen molar-refractivity contribution in [3.63, 3.8) is 0 Å². The van der Waals surface area contributed by atoms with Crippen LogP contribution in [-0.4, -0.2) is 22.9 Å². The Labute approximate surface area is 190 Å². The van der Waals surface area contributed by atoms with Gasteiger partial charge in [0.1, 0.15) is 5.82 Å². The van der Waals surface area contributed by atoms with Crippen molar-refractivity contribution in [2.45, 2.75) is 33.3 Å². The van der Waals surface area contributed by atoms with Crippen LogP contribution in [0.15, 0.2) is 41.3 Å². The Hall–Kier alpha value is -2.09. The maximum Gasteiger partial charge on any atom is 0.270 e. The van der Waals surface area contributed by atoms with E-state index in [0.717, 1.165) is 12.0 Å². The molecule has 3 rings (SSSR count). The third-order valence-electron chi connectivity index (χ3n) is 4.42. The molecule has 2 aromatic carbocycles. The molecule has 1 fully saturated rings. The van der Waals surface area contributed by atoms with E-state index < -0.39 is 5.82 Å². The van der Waals surface area contributed by atoms with E-state index >= 15 is 0 Å². The van der Waals surface area contributed by atoms with Crippen molar-refractivity contribution in [3.05, 3.63) is 57.7 Å². The zero-order valence-electron chi connectivity index (χ0n) is 16.8. The fourth-order valence-electron chi connectivity index (χ4n) is 2.75. The van der Waals surface area contributed by atoms with Gasteiger partial charge in [-0.1, -0.05) is 48.6 Å². The number of hydrogen-bond acceptors (Lipinski definition) is 5. The quantitative estimate of drug-likeness (QED) is 0.346. The minimum absolute atomic E-state index is 0.0637. The number of benzene rings is 2. The first-order valence-corrected chi connectivity index (χ1v) is 11.1. The van der Waals surface area contributed by atoms with Crippen LogP contribution in [0.2, 0.25) is 5.02 Å². The molecule has 0 aliphatic carbocycles. The molecule has 0 saturated carbocycles. The number of anilines is 1. The zero-order valence-corrected chi connectivity index (χ0v) is 19.2. The van der Waals surface area contributed by atoms with Crippen LogP contribution >= 0.6 is 35.6 Å². The summed E-state index contributed by atoms with van der Waals surface area (Å²) in [5, 5.41) is -0.0659. The van der Waals surface area contributed by atoms with Gasteiger partial charge in [0, 0.05) is 0 Å². The molecule has 2 aromatic rings. The lowest BCUT2D eigenvalue weighted by atomic mass is 10.1. The van der Waals surface area contributed by atoms with Gasteiger partial charge in [0.05, 0.1) is 28.3 Å². The minimum Gasteiger partial charge on any atom is -0.490 e. The molecule has 4 nitrogen and oxygen atoms in total. The summed E-state index contributed by atoms with van der Waals surface area (Å²) in [6.45, 7) is 6.44. The first-order chi connectivity index (χ1) is 14.3. The fraction of sp³-hybridized carbons (Fsp3) is 0.273. The van der Waals surface area contributed by atoms with Crippen molar-refractivity contribution in [1.29, 1.82) is 0 Å². The molecule has 0 radical (unpaired) electrons. The van der Waals surface area contributed by atoms with Crippen LogP contribution in [0, 0.1) is 5.82 Å². The molecule has 1 saturated heterocycles. The summed E-state index contributed by atoms with van der Waals surface area (Å²) in [6.07, 6.45) is 2.69. The average molecular weight is 466 g/mol. The zero-order chi connectivity index (χ0) is 21.8. The SMILES string of the molecule is CCOc1cc(C=C2SC(=S)N(c3ccc(F)c(Cl)c3)C2=O)ccc1OC(C)CC. The number of nitrogens with zero attached hydrogens (tertiary/aromatic N) is 1. The standard InChI is InChI=1S/C22H21ClFNO3S2/c1-4-13(3)28-18-9-6-14(10-19(18)27-5-2)11-20-21(26)25(22(29)30-20)15-7-8-17(24)16(23)12-15/h6-13H,4-5H2,1-3H3. The Morgan fingerprint density at radius 3 is 2.67 bits per heavy atom. The first kappa shape index (κ1) is 22.6. The Morgan fingerprint density at radius 1 is 1.23 bits per heavy atom. The smallest absolute Gasteiger partial charge is 0.270 e. The second kappa shape index (κ2) is 9.81. The van der Waals surface area contributed by atoms with Gasteiger partial charge in [-0.25, -0.2) is 4.39 Å². The Kier molecular flexibility index (Phi) is 7.39. The third-order valence-corrected chi connectivity index (χ3v) is 6.02. The third kappa shape index (κ3) is 4.96. The molecular formula is C22H21ClFNO3S2. The predicted molar refractivity (Wildman–Crippen MR) is 125 cm³/mol. The number of rotatable bonds is 7. The molecular weight excluding hydrogens is 445 g/mol. The van der Waals surface area contributed by atoms with E-state index in [2.05, 4.69) is 6.92 Å². The predicted octanol–water partition coefficient (Wildman–Crippen LogP) is 6.46. The summed E-state index contributed by atoms with van der Waals surface area (Å²) < 4.78 is 25.5. The highest BCUT2D eigenvalue weighted by atomic mass is 35.5. The normalized spacial score (nSPS) is 16.3. The van der Waals surface area contributed by atoms with Crippen LogP contribution in [0.1, 0.15) is 32.8 Å². The molecule has 30 heavy (non-hydrogen) atoms. The van der Waals surface area contributed by atoms with Crippen molar-refractivity contribution >= 4 is 57.6 Å². The highest BCUT2D eigenvalue weighted by molar-refractivity contribution is 8.27. The summed E-state index contributed by atoms with van der Waals surface area (Å²) in [7, 11) is 0. The van der Waals surface area contributed by atoms with Gasteiger partial charge in [0.25, 0.3) is 5.91 Å². The molecule has 0 N–H and O–H groups in total. The highest BCUT2D eigenvalue weighted by Gasteiger charge is 2.33. The monoisotopic (exact) mass is 465 g/mol. The number of thiocarbonyl (C=S) groups is 1. The number of ether oxygens (including phenoxy) is 2. The summed E-state index contributed by atoms with van der Waals surface area (Å²) in [5.41, 5.74) is 1.21. The van der Waals surface area contributed by atoms with Gasteiger partial charge in [-0.05, 0) is 62.2 Å². The van der Waals surface area contributed by atoms with Gasteiger partial charge in [0.15, 0.2) is 15.8 Å². The molecule has 0 bridgehead atoms. The van der Waals surface area contributed by atoms with Gasteiger partial charge >= 0.3 is 0 Å². The van der Waals surface area contributed by atoms with Gasteiger partial charge in [0.2, 0.25) is 0 Å². The number of amides is 1. The van der Waals surface area contributed by atoms with E-state index in [-0.39, 0.29) is 17.0 Å². The number of halogens is 2. The maximum atomic E-state index is 13.5. The fourth-order valence-corrected chi connectivity index (χ4v) is 4.22. The molecule has 1 atom stereocenters. The van der Waals surface area contributed by atoms with Crippen molar-refractivity contribution < 1.29 is 18.7 Å². The van der Waals surface area contributed by atoms with E-state index in [1.807, 2.05) is 32.0 Å². The maximum absolute atomic E-state index is 13.5. The lowest BCUT2D eigenvalue weighted by Gasteiger charge is -2.16. The largest absolute Gasteiger partial charge is 0.490 e. The van der Waals surface area contributed by atoms with E-state index in [4.69, 9.17) is 33.3 Å². The molecule has 1 unspecified atom stereocenters. The first-order valence-electron chi connectivity index (χ1n) is 9.50.